The number of rotatable bonds is 7. The molecule has 5 nitrogen and oxygen atoms in total. The van der Waals surface area contributed by atoms with Gasteiger partial charge in [-0.05, 0) is 25.1 Å². The van der Waals surface area contributed by atoms with Crippen LogP contribution in [0.3, 0.4) is 0 Å². The molecule has 1 heterocycles. The highest BCUT2D eigenvalue weighted by molar-refractivity contribution is 5.86. The van der Waals surface area contributed by atoms with E-state index in [9.17, 15) is 4.79 Å². The average molecular weight is 261 g/mol. The maximum absolute atomic E-state index is 11.8. The number of nitrogens with zero attached hydrogens (tertiary/aromatic N) is 1. The second kappa shape index (κ2) is 6.89. The number of nitrogens with one attached hydrogen (secondary N) is 2. The number of para-hydroxylation sites is 1. The molecule has 0 aliphatic rings. The maximum Gasteiger partial charge on any atom is 0.226 e. The van der Waals surface area contributed by atoms with Crippen molar-refractivity contribution in [2.24, 2.45) is 0 Å². The van der Waals surface area contributed by atoms with Gasteiger partial charge in [0.25, 0.3) is 0 Å². The molecule has 0 bridgehead atoms. The van der Waals surface area contributed by atoms with Crippen molar-refractivity contribution < 1.29 is 9.32 Å². The summed E-state index contributed by atoms with van der Waals surface area (Å²) >= 11 is 0. The molecule has 19 heavy (non-hydrogen) atoms. The largest absolute Gasteiger partial charge is 0.356 e. The first-order chi connectivity index (χ1) is 9.31. The Hall–Kier alpha value is -1.88. The molecule has 2 rings (SSSR count). The minimum atomic E-state index is -0.0302. The van der Waals surface area contributed by atoms with Crippen LogP contribution in [0.25, 0.3) is 11.0 Å². The van der Waals surface area contributed by atoms with Gasteiger partial charge in [-0.3, -0.25) is 4.79 Å². The van der Waals surface area contributed by atoms with Gasteiger partial charge in [0.2, 0.25) is 5.91 Å². The summed E-state index contributed by atoms with van der Waals surface area (Å²) in [6.07, 6.45) is 1.35. The summed E-state index contributed by atoms with van der Waals surface area (Å²) in [6.45, 7) is 4.51. The van der Waals surface area contributed by atoms with Crippen LogP contribution in [-0.2, 0) is 11.2 Å². The summed E-state index contributed by atoms with van der Waals surface area (Å²) in [5, 5.41) is 10.9. The molecule has 0 fully saturated rings. The topological polar surface area (TPSA) is 67.2 Å². The lowest BCUT2D eigenvalue weighted by Gasteiger charge is -2.04. The first kappa shape index (κ1) is 13.5. The number of hydrogen-bond acceptors (Lipinski definition) is 4. The zero-order chi connectivity index (χ0) is 13.5. The monoisotopic (exact) mass is 261 g/mol. The van der Waals surface area contributed by atoms with E-state index in [2.05, 4.69) is 22.7 Å². The van der Waals surface area contributed by atoms with Gasteiger partial charge in [-0.2, -0.15) is 0 Å². The minimum Gasteiger partial charge on any atom is -0.356 e. The van der Waals surface area contributed by atoms with Gasteiger partial charge in [0, 0.05) is 18.5 Å². The van der Waals surface area contributed by atoms with E-state index in [1.54, 1.807) is 0 Å². The molecule has 0 radical (unpaired) electrons. The molecule has 2 N–H and O–H groups in total. The lowest BCUT2D eigenvalue weighted by molar-refractivity contribution is -0.120. The van der Waals surface area contributed by atoms with Gasteiger partial charge in [-0.1, -0.05) is 24.2 Å². The van der Waals surface area contributed by atoms with Crippen LogP contribution in [0.2, 0.25) is 0 Å². The van der Waals surface area contributed by atoms with Gasteiger partial charge in [0.1, 0.15) is 5.69 Å². The van der Waals surface area contributed by atoms with Crippen LogP contribution in [0, 0.1) is 0 Å². The van der Waals surface area contributed by atoms with Crippen LogP contribution in [-0.4, -0.2) is 30.7 Å². The lowest BCUT2D eigenvalue weighted by atomic mass is 10.1. The first-order valence-corrected chi connectivity index (χ1v) is 6.62. The smallest absolute Gasteiger partial charge is 0.226 e. The van der Waals surface area contributed by atoms with E-state index in [1.807, 2.05) is 24.3 Å². The van der Waals surface area contributed by atoms with Gasteiger partial charge in [-0.25, -0.2) is 0 Å². The number of benzene rings is 1. The van der Waals surface area contributed by atoms with E-state index < -0.39 is 0 Å². The fourth-order valence-corrected chi connectivity index (χ4v) is 1.87. The van der Waals surface area contributed by atoms with Crippen LogP contribution >= 0.6 is 0 Å². The Kier molecular flexibility index (Phi) is 4.92. The van der Waals surface area contributed by atoms with Crippen molar-refractivity contribution in [3.63, 3.8) is 0 Å². The number of carbonyl (C=O) groups excluding carboxylic acids is 1. The van der Waals surface area contributed by atoms with Gasteiger partial charge in [0.05, 0.1) is 6.42 Å². The van der Waals surface area contributed by atoms with Crippen LogP contribution in [0.4, 0.5) is 0 Å². The van der Waals surface area contributed by atoms with Crippen LogP contribution < -0.4 is 10.6 Å². The van der Waals surface area contributed by atoms with Gasteiger partial charge in [-0.15, -0.1) is 0 Å². The Balaban J connectivity index is 1.82. The predicted octanol–water partition coefficient (Wildman–Crippen LogP) is 1.49. The molecule has 5 heteroatoms. The molecule has 102 valence electrons. The van der Waals surface area contributed by atoms with E-state index >= 15 is 0 Å². The van der Waals surface area contributed by atoms with Crippen molar-refractivity contribution in [2.45, 2.75) is 19.8 Å². The normalized spacial score (nSPS) is 10.8. The van der Waals surface area contributed by atoms with Crippen molar-refractivity contribution in [1.29, 1.82) is 0 Å². The predicted molar refractivity (Wildman–Crippen MR) is 73.9 cm³/mol. The standard InChI is InChI=1S/C14H19N3O2/c1-2-7-15-8-9-16-14(18)10-12-11-5-3-4-6-13(11)19-17-12/h3-6,15H,2,7-10H2,1H3,(H,16,18). The van der Waals surface area contributed by atoms with Gasteiger partial charge in [0.15, 0.2) is 5.58 Å². The van der Waals surface area contributed by atoms with Crippen molar-refractivity contribution >= 4 is 16.9 Å². The number of fused-ring (bicyclic) bond motifs is 1. The average Bonchev–Trinajstić information content (AvgIpc) is 2.82. The van der Waals surface area contributed by atoms with Crippen LogP contribution in [0.1, 0.15) is 19.0 Å². The van der Waals surface area contributed by atoms with E-state index in [0.717, 1.165) is 30.5 Å². The SMILES string of the molecule is CCCNCCNC(=O)Cc1noc2ccccc12. The summed E-state index contributed by atoms with van der Waals surface area (Å²) in [5.41, 5.74) is 1.41. The summed E-state index contributed by atoms with van der Waals surface area (Å²) in [5.74, 6) is -0.0302. The third-order valence-corrected chi connectivity index (χ3v) is 2.83. The number of carbonyl (C=O) groups is 1. The second-order valence-electron chi connectivity index (χ2n) is 4.40. The van der Waals surface area contributed by atoms with Gasteiger partial charge >= 0.3 is 0 Å². The molecule has 0 spiro atoms. The highest BCUT2D eigenvalue weighted by Gasteiger charge is 2.11. The quantitative estimate of drug-likeness (QED) is 0.741. The van der Waals surface area contributed by atoms with E-state index in [-0.39, 0.29) is 12.3 Å². The molecule has 0 saturated carbocycles. The number of amides is 1. The molecule has 1 aromatic carbocycles. The fraction of sp³-hybridized carbons (Fsp3) is 0.429. The van der Waals surface area contributed by atoms with E-state index in [4.69, 9.17) is 4.52 Å². The Morgan fingerprint density at radius 3 is 2.95 bits per heavy atom. The van der Waals surface area contributed by atoms with E-state index in [0.29, 0.717) is 12.2 Å². The molecule has 0 unspecified atom stereocenters. The number of aromatic nitrogens is 1. The first-order valence-electron chi connectivity index (χ1n) is 6.62. The Bertz CT molecular complexity index is 536. The minimum absolute atomic E-state index is 0.0302. The van der Waals surface area contributed by atoms with Crippen LogP contribution in [0.15, 0.2) is 28.8 Å². The Labute approximate surface area is 112 Å². The summed E-state index contributed by atoms with van der Waals surface area (Å²) in [4.78, 5) is 11.8. The molecule has 0 atom stereocenters. The Morgan fingerprint density at radius 2 is 2.11 bits per heavy atom. The molecule has 1 amide bonds. The van der Waals surface area contributed by atoms with Crippen molar-refractivity contribution in [3.05, 3.63) is 30.0 Å². The molecule has 1 aromatic heterocycles. The van der Waals surface area contributed by atoms with Crippen molar-refractivity contribution in [3.8, 4) is 0 Å². The maximum atomic E-state index is 11.8. The summed E-state index contributed by atoms with van der Waals surface area (Å²) < 4.78 is 5.17. The van der Waals surface area contributed by atoms with E-state index in [1.165, 1.54) is 0 Å². The van der Waals surface area contributed by atoms with Gasteiger partial charge < -0.3 is 15.2 Å². The van der Waals surface area contributed by atoms with Crippen LogP contribution in [0.5, 0.6) is 0 Å². The highest BCUT2D eigenvalue weighted by atomic mass is 16.5. The molecule has 0 saturated heterocycles. The number of hydrogen-bond donors (Lipinski definition) is 2. The Morgan fingerprint density at radius 1 is 1.26 bits per heavy atom. The molecular weight excluding hydrogens is 242 g/mol. The third-order valence-electron chi connectivity index (χ3n) is 2.83. The zero-order valence-corrected chi connectivity index (χ0v) is 11.1. The third kappa shape index (κ3) is 3.79. The fourth-order valence-electron chi connectivity index (χ4n) is 1.87. The molecule has 2 aromatic rings. The van der Waals surface area contributed by atoms with Crippen molar-refractivity contribution in [2.75, 3.05) is 19.6 Å². The summed E-state index contributed by atoms with van der Waals surface area (Å²) in [6, 6.07) is 7.56. The zero-order valence-electron chi connectivity index (χ0n) is 11.1. The molecular formula is C14H19N3O2. The highest BCUT2D eigenvalue weighted by Crippen LogP contribution is 2.17. The molecule has 0 aliphatic carbocycles. The van der Waals surface area contributed by atoms with Crippen molar-refractivity contribution in [1.82, 2.24) is 15.8 Å². The summed E-state index contributed by atoms with van der Waals surface area (Å²) in [7, 11) is 0. The second-order valence-corrected chi connectivity index (χ2v) is 4.40. The molecule has 0 aliphatic heterocycles. The lowest BCUT2D eigenvalue weighted by Crippen LogP contribution is -2.33.